The fourth-order valence-corrected chi connectivity index (χ4v) is 3.80. The van der Waals surface area contributed by atoms with E-state index >= 15 is 0 Å². The molecular weight excluding hydrogens is 288 g/mol. The van der Waals surface area contributed by atoms with Crippen LogP contribution in [0.5, 0.6) is 0 Å². The maximum Gasteiger partial charge on any atom is 0.187 e. The van der Waals surface area contributed by atoms with Crippen molar-refractivity contribution in [3.8, 4) is 0 Å². The van der Waals surface area contributed by atoms with E-state index in [4.69, 9.17) is 14.2 Å². The minimum absolute atomic E-state index is 0.122. The van der Waals surface area contributed by atoms with Gasteiger partial charge in [0.15, 0.2) is 12.1 Å². The first-order valence-corrected chi connectivity index (χ1v) is 10.1. The average Bonchev–Trinajstić information content (AvgIpc) is 2.97. The molecule has 2 rings (SSSR count). The van der Waals surface area contributed by atoms with Gasteiger partial charge in [-0.25, -0.2) is 0 Å². The Morgan fingerprint density at radius 3 is 1.91 bits per heavy atom. The van der Waals surface area contributed by atoms with E-state index in [1.54, 1.807) is 0 Å². The van der Waals surface area contributed by atoms with E-state index in [1.165, 1.54) is 70.6 Å². The molecule has 2 saturated heterocycles. The van der Waals surface area contributed by atoms with Crippen LogP contribution in [0.1, 0.15) is 104 Å². The predicted molar refractivity (Wildman–Crippen MR) is 94.4 cm³/mol. The molecule has 2 aliphatic rings. The van der Waals surface area contributed by atoms with Crippen LogP contribution in [0.3, 0.4) is 0 Å². The molecular formula is C20H38O3. The minimum atomic E-state index is -0.461. The Morgan fingerprint density at radius 2 is 1.35 bits per heavy atom. The lowest BCUT2D eigenvalue weighted by atomic mass is 10.0. The van der Waals surface area contributed by atoms with Gasteiger partial charge >= 0.3 is 0 Å². The maximum absolute atomic E-state index is 5.97. The van der Waals surface area contributed by atoms with Gasteiger partial charge in [0, 0.05) is 6.42 Å². The monoisotopic (exact) mass is 326 g/mol. The Morgan fingerprint density at radius 1 is 0.783 bits per heavy atom. The molecule has 0 aromatic carbocycles. The summed E-state index contributed by atoms with van der Waals surface area (Å²) in [5, 5.41) is 0. The number of unbranched alkanes of at least 4 members (excludes halogenated alkanes) is 10. The third-order valence-electron chi connectivity index (χ3n) is 5.09. The SMILES string of the molecule is CCCCCCCCCCCCC[C@@H]1C[C@H]2OC(C)(C)O[C@H]2O1. The lowest BCUT2D eigenvalue weighted by molar-refractivity contribution is -0.205. The molecule has 0 aromatic heterocycles. The number of rotatable bonds is 12. The van der Waals surface area contributed by atoms with Crippen LogP contribution < -0.4 is 0 Å². The number of fused-ring (bicyclic) bond motifs is 1. The molecule has 0 amide bonds. The first-order valence-electron chi connectivity index (χ1n) is 10.1. The average molecular weight is 327 g/mol. The number of hydrogen-bond donors (Lipinski definition) is 0. The summed E-state index contributed by atoms with van der Waals surface area (Å²) in [5.41, 5.74) is 0. The van der Waals surface area contributed by atoms with E-state index in [2.05, 4.69) is 6.92 Å². The van der Waals surface area contributed by atoms with E-state index in [0.717, 1.165) is 12.8 Å². The van der Waals surface area contributed by atoms with Crippen molar-refractivity contribution in [2.45, 2.75) is 129 Å². The molecule has 0 N–H and O–H groups in total. The maximum atomic E-state index is 5.97. The van der Waals surface area contributed by atoms with Crippen LogP contribution in [-0.4, -0.2) is 24.3 Å². The second-order valence-electron chi connectivity index (χ2n) is 7.86. The molecule has 0 spiro atoms. The van der Waals surface area contributed by atoms with Gasteiger partial charge in [0.2, 0.25) is 0 Å². The summed E-state index contributed by atoms with van der Waals surface area (Å²) in [4.78, 5) is 0. The van der Waals surface area contributed by atoms with Crippen molar-refractivity contribution >= 4 is 0 Å². The van der Waals surface area contributed by atoms with Crippen LogP contribution in [0.15, 0.2) is 0 Å². The minimum Gasteiger partial charge on any atom is -0.346 e. The summed E-state index contributed by atoms with van der Waals surface area (Å²) in [6, 6.07) is 0. The van der Waals surface area contributed by atoms with Gasteiger partial charge in [-0.15, -0.1) is 0 Å². The Bertz CT molecular complexity index is 300. The van der Waals surface area contributed by atoms with Crippen LogP contribution in [0.25, 0.3) is 0 Å². The van der Waals surface area contributed by atoms with Gasteiger partial charge in [-0.1, -0.05) is 77.6 Å². The second-order valence-corrected chi connectivity index (χ2v) is 7.86. The number of ether oxygens (including phenoxy) is 3. The highest BCUT2D eigenvalue weighted by molar-refractivity contribution is 4.85. The highest BCUT2D eigenvalue weighted by atomic mass is 16.8. The summed E-state index contributed by atoms with van der Waals surface area (Å²) in [5.74, 6) is -0.461. The highest BCUT2D eigenvalue weighted by Crippen LogP contribution is 2.38. The lowest BCUT2D eigenvalue weighted by Crippen LogP contribution is -2.24. The molecule has 0 bridgehead atoms. The molecule has 136 valence electrons. The zero-order valence-electron chi connectivity index (χ0n) is 15.6. The van der Waals surface area contributed by atoms with E-state index in [1.807, 2.05) is 13.8 Å². The summed E-state index contributed by atoms with van der Waals surface area (Å²) in [6.07, 6.45) is 17.9. The van der Waals surface area contributed by atoms with Crippen molar-refractivity contribution in [2.24, 2.45) is 0 Å². The Labute approximate surface area is 143 Å². The van der Waals surface area contributed by atoms with E-state index in [-0.39, 0.29) is 12.4 Å². The van der Waals surface area contributed by atoms with Crippen LogP contribution in [0.2, 0.25) is 0 Å². The zero-order valence-corrected chi connectivity index (χ0v) is 15.6. The zero-order chi connectivity index (χ0) is 16.5. The van der Waals surface area contributed by atoms with Crippen LogP contribution in [0, 0.1) is 0 Å². The lowest BCUT2D eigenvalue weighted by Gasteiger charge is -2.20. The molecule has 2 aliphatic heterocycles. The fourth-order valence-electron chi connectivity index (χ4n) is 3.80. The Hall–Kier alpha value is -0.120. The molecule has 3 nitrogen and oxygen atoms in total. The molecule has 0 aromatic rings. The van der Waals surface area contributed by atoms with Gasteiger partial charge in [0.25, 0.3) is 0 Å². The smallest absolute Gasteiger partial charge is 0.187 e. The number of hydrogen-bond acceptors (Lipinski definition) is 3. The largest absolute Gasteiger partial charge is 0.346 e. The summed E-state index contributed by atoms with van der Waals surface area (Å²) >= 11 is 0. The van der Waals surface area contributed by atoms with E-state index < -0.39 is 5.79 Å². The second kappa shape index (κ2) is 10.0. The molecule has 2 fully saturated rings. The molecule has 0 unspecified atom stereocenters. The molecule has 0 aliphatic carbocycles. The molecule has 0 radical (unpaired) electrons. The van der Waals surface area contributed by atoms with Gasteiger partial charge < -0.3 is 14.2 Å². The normalized spacial score (nSPS) is 29.1. The Kier molecular flexibility index (Phi) is 8.35. The molecule has 3 atom stereocenters. The van der Waals surface area contributed by atoms with Crippen LogP contribution in [-0.2, 0) is 14.2 Å². The van der Waals surface area contributed by atoms with Crippen molar-refractivity contribution in [3.63, 3.8) is 0 Å². The molecule has 23 heavy (non-hydrogen) atoms. The third-order valence-corrected chi connectivity index (χ3v) is 5.09. The predicted octanol–water partition coefficient (Wildman–Crippen LogP) is 5.95. The molecule has 0 saturated carbocycles. The van der Waals surface area contributed by atoms with Gasteiger partial charge in [-0.3, -0.25) is 0 Å². The van der Waals surface area contributed by atoms with Crippen molar-refractivity contribution < 1.29 is 14.2 Å². The topological polar surface area (TPSA) is 27.7 Å². The van der Waals surface area contributed by atoms with Crippen LogP contribution in [0.4, 0.5) is 0 Å². The van der Waals surface area contributed by atoms with Crippen molar-refractivity contribution in [2.75, 3.05) is 0 Å². The van der Waals surface area contributed by atoms with Crippen molar-refractivity contribution in [1.29, 1.82) is 0 Å². The first-order chi connectivity index (χ1) is 11.1. The van der Waals surface area contributed by atoms with E-state index in [0.29, 0.717) is 6.10 Å². The third kappa shape index (κ3) is 7.11. The quantitative estimate of drug-likeness (QED) is 0.414. The van der Waals surface area contributed by atoms with E-state index in [9.17, 15) is 0 Å². The standard InChI is InChI=1S/C20H38O3/c1-4-5-6-7-8-9-10-11-12-13-14-15-17-16-18-19(21-17)23-20(2,3)22-18/h17-19H,4-16H2,1-3H3/t17-,18-,19-/m1/s1. The highest BCUT2D eigenvalue weighted by Gasteiger charge is 2.48. The summed E-state index contributed by atoms with van der Waals surface area (Å²) < 4.78 is 17.6. The molecule has 2 heterocycles. The van der Waals surface area contributed by atoms with Crippen molar-refractivity contribution in [1.82, 2.24) is 0 Å². The first kappa shape index (κ1) is 19.2. The fraction of sp³-hybridized carbons (Fsp3) is 1.00. The summed E-state index contributed by atoms with van der Waals surface area (Å²) in [7, 11) is 0. The summed E-state index contributed by atoms with van der Waals surface area (Å²) in [6.45, 7) is 6.21. The van der Waals surface area contributed by atoms with Gasteiger partial charge in [-0.2, -0.15) is 0 Å². The van der Waals surface area contributed by atoms with Gasteiger partial charge in [0.05, 0.1) is 6.10 Å². The van der Waals surface area contributed by atoms with Crippen molar-refractivity contribution in [3.05, 3.63) is 0 Å². The van der Waals surface area contributed by atoms with Gasteiger partial charge in [-0.05, 0) is 20.3 Å². The molecule has 3 heteroatoms. The van der Waals surface area contributed by atoms with Gasteiger partial charge in [0.1, 0.15) is 6.10 Å². The Balaban J connectivity index is 1.37. The van der Waals surface area contributed by atoms with Crippen LogP contribution >= 0.6 is 0 Å².